The highest BCUT2D eigenvalue weighted by atomic mass is 35.5. The van der Waals surface area contributed by atoms with E-state index in [2.05, 4.69) is 10.2 Å². The zero-order chi connectivity index (χ0) is 8.81. The maximum absolute atomic E-state index is 5.56. The largest absolute Gasteiger partial charge is 0.384 e. The Balaban J connectivity index is 2.41. The number of alkyl halides is 1. The van der Waals surface area contributed by atoms with Crippen LogP contribution >= 0.6 is 22.9 Å². The second-order valence-corrected chi connectivity index (χ2v) is 3.80. The van der Waals surface area contributed by atoms with Gasteiger partial charge in [0.2, 0.25) is 0 Å². The number of aryl methyl sites for hydroxylation is 1. The molecule has 0 aliphatic carbocycles. The van der Waals surface area contributed by atoms with Crippen molar-refractivity contribution in [2.24, 2.45) is 0 Å². The molecule has 1 rings (SSSR count). The minimum absolute atomic E-state index is 0.610. The highest BCUT2D eigenvalue weighted by Crippen LogP contribution is 2.11. The van der Waals surface area contributed by atoms with Crippen molar-refractivity contribution in [3.05, 3.63) is 10.0 Å². The lowest BCUT2D eigenvalue weighted by molar-refractivity contribution is 0.202. The minimum Gasteiger partial charge on any atom is -0.384 e. The second kappa shape index (κ2) is 5.45. The maximum atomic E-state index is 5.56. The molecule has 0 aliphatic heterocycles. The Labute approximate surface area is 80.7 Å². The van der Waals surface area contributed by atoms with Crippen LogP contribution in [0.25, 0.3) is 0 Å². The van der Waals surface area contributed by atoms with Crippen LogP contribution in [0.2, 0.25) is 0 Å². The SMILES string of the molecule is COCCc1nnc(CCCl)s1. The Morgan fingerprint density at radius 1 is 1.33 bits per heavy atom. The average Bonchev–Trinajstić information content (AvgIpc) is 2.50. The standard InChI is InChI=1S/C7H11ClN2OS/c1-11-5-3-7-10-9-6(12-7)2-4-8/h2-5H2,1H3. The first kappa shape index (κ1) is 9.89. The molecular weight excluding hydrogens is 196 g/mol. The van der Waals surface area contributed by atoms with Gasteiger partial charge in [-0.05, 0) is 0 Å². The Morgan fingerprint density at radius 3 is 2.58 bits per heavy atom. The van der Waals surface area contributed by atoms with Gasteiger partial charge in [-0.2, -0.15) is 0 Å². The lowest BCUT2D eigenvalue weighted by Gasteiger charge is -1.91. The van der Waals surface area contributed by atoms with E-state index in [4.69, 9.17) is 16.3 Å². The first-order valence-electron chi connectivity index (χ1n) is 3.73. The van der Waals surface area contributed by atoms with Crippen LogP contribution in [0.4, 0.5) is 0 Å². The molecule has 0 fully saturated rings. The fourth-order valence-electron chi connectivity index (χ4n) is 0.761. The van der Waals surface area contributed by atoms with Crippen molar-refractivity contribution in [3.63, 3.8) is 0 Å². The van der Waals surface area contributed by atoms with E-state index in [9.17, 15) is 0 Å². The van der Waals surface area contributed by atoms with Gasteiger partial charge in [-0.3, -0.25) is 0 Å². The number of methoxy groups -OCH3 is 1. The maximum Gasteiger partial charge on any atom is 0.119 e. The van der Waals surface area contributed by atoms with Gasteiger partial charge in [0.25, 0.3) is 0 Å². The molecule has 0 atom stereocenters. The fraction of sp³-hybridized carbons (Fsp3) is 0.714. The molecular formula is C7H11ClN2OS. The number of halogens is 1. The Hall–Kier alpha value is -0.190. The normalized spacial score (nSPS) is 10.5. The molecule has 0 unspecified atom stereocenters. The summed E-state index contributed by atoms with van der Waals surface area (Å²) in [5.41, 5.74) is 0. The second-order valence-electron chi connectivity index (χ2n) is 2.27. The molecule has 0 aromatic carbocycles. The van der Waals surface area contributed by atoms with Crippen molar-refractivity contribution >= 4 is 22.9 Å². The number of rotatable bonds is 5. The van der Waals surface area contributed by atoms with Gasteiger partial charge >= 0.3 is 0 Å². The zero-order valence-corrected chi connectivity index (χ0v) is 8.49. The molecule has 0 aliphatic rings. The van der Waals surface area contributed by atoms with Crippen LogP contribution in [-0.2, 0) is 17.6 Å². The summed E-state index contributed by atoms with van der Waals surface area (Å²) in [5.74, 6) is 0.610. The van der Waals surface area contributed by atoms with Crippen LogP contribution in [0.1, 0.15) is 10.0 Å². The summed E-state index contributed by atoms with van der Waals surface area (Å²) in [6, 6.07) is 0. The van der Waals surface area contributed by atoms with Crippen molar-refractivity contribution in [1.82, 2.24) is 10.2 Å². The van der Waals surface area contributed by atoms with Crippen LogP contribution in [0.3, 0.4) is 0 Å². The van der Waals surface area contributed by atoms with E-state index in [1.54, 1.807) is 18.4 Å². The third-order valence-corrected chi connectivity index (χ3v) is 2.57. The van der Waals surface area contributed by atoms with Crippen LogP contribution in [0, 0.1) is 0 Å². The van der Waals surface area contributed by atoms with E-state index in [1.165, 1.54) is 0 Å². The molecule has 0 radical (unpaired) electrons. The van der Waals surface area contributed by atoms with Gasteiger partial charge in [0, 0.05) is 25.8 Å². The van der Waals surface area contributed by atoms with Crippen molar-refractivity contribution in [2.75, 3.05) is 19.6 Å². The van der Waals surface area contributed by atoms with Crippen LogP contribution in [0.5, 0.6) is 0 Å². The number of aromatic nitrogens is 2. The molecule has 0 N–H and O–H groups in total. The molecule has 0 bridgehead atoms. The van der Waals surface area contributed by atoms with Gasteiger partial charge in [0.05, 0.1) is 6.61 Å². The average molecular weight is 207 g/mol. The first-order valence-corrected chi connectivity index (χ1v) is 5.08. The number of ether oxygens (including phenoxy) is 1. The number of hydrogen-bond donors (Lipinski definition) is 0. The monoisotopic (exact) mass is 206 g/mol. The van der Waals surface area contributed by atoms with Gasteiger partial charge in [-0.25, -0.2) is 0 Å². The van der Waals surface area contributed by atoms with Gasteiger partial charge in [0.1, 0.15) is 10.0 Å². The van der Waals surface area contributed by atoms with E-state index < -0.39 is 0 Å². The van der Waals surface area contributed by atoms with E-state index in [0.717, 1.165) is 22.9 Å². The smallest absolute Gasteiger partial charge is 0.119 e. The molecule has 0 saturated carbocycles. The lowest BCUT2D eigenvalue weighted by Crippen LogP contribution is -1.92. The molecule has 1 heterocycles. The Bertz CT molecular complexity index is 229. The zero-order valence-electron chi connectivity index (χ0n) is 6.92. The highest BCUT2D eigenvalue weighted by Gasteiger charge is 2.02. The third-order valence-electron chi connectivity index (χ3n) is 1.34. The molecule has 1 aromatic heterocycles. The van der Waals surface area contributed by atoms with Crippen molar-refractivity contribution in [3.8, 4) is 0 Å². The Kier molecular flexibility index (Phi) is 4.50. The first-order chi connectivity index (χ1) is 5.86. The third kappa shape index (κ3) is 3.05. The molecule has 68 valence electrons. The summed E-state index contributed by atoms with van der Waals surface area (Å²) in [6.45, 7) is 0.704. The highest BCUT2D eigenvalue weighted by molar-refractivity contribution is 7.11. The van der Waals surface area contributed by atoms with Crippen molar-refractivity contribution in [2.45, 2.75) is 12.8 Å². The van der Waals surface area contributed by atoms with Gasteiger partial charge in [-0.1, -0.05) is 0 Å². The fourth-order valence-corrected chi connectivity index (χ4v) is 1.88. The summed E-state index contributed by atoms with van der Waals surface area (Å²) >= 11 is 7.17. The van der Waals surface area contributed by atoms with E-state index >= 15 is 0 Å². The number of nitrogens with zero attached hydrogens (tertiary/aromatic N) is 2. The van der Waals surface area contributed by atoms with E-state index in [0.29, 0.717) is 12.5 Å². The van der Waals surface area contributed by atoms with Crippen molar-refractivity contribution in [1.29, 1.82) is 0 Å². The van der Waals surface area contributed by atoms with E-state index in [-0.39, 0.29) is 0 Å². The van der Waals surface area contributed by atoms with E-state index in [1.807, 2.05) is 0 Å². The van der Waals surface area contributed by atoms with Gasteiger partial charge in [-0.15, -0.1) is 33.1 Å². The van der Waals surface area contributed by atoms with Crippen LogP contribution < -0.4 is 0 Å². The van der Waals surface area contributed by atoms with Crippen molar-refractivity contribution < 1.29 is 4.74 Å². The molecule has 0 amide bonds. The quantitative estimate of drug-likeness (QED) is 0.686. The lowest BCUT2D eigenvalue weighted by atomic mass is 10.5. The molecule has 0 spiro atoms. The topological polar surface area (TPSA) is 35.0 Å². The predicted molar refractivity (Wildman–Crippen MR) is 49.9 cm³/mol. The van der Waals surface area contributed by atoms with Gasteiger partial charge < -0.3 is 4.74 Å². The van der Waals surface area contributed by atoms with Crippen LogP contribution in [0.15, 0.2) is 0 Å². The molecule has 1 aromatic rings. The summed E-state index contributed by atoms with van der Waals surface area (Å²) in [6.07, 6.45) is 1.66. The van der Waals surface area contributed by atoms with Crippen LogP contribution in [-0.4, -0.2) is 29.8 Å². The predicted octanol–water partition coefficient (Wildman–Crippen LogP) is 1.51. The molecule has 12 heavy (non-hydrogen) atoms. The molecule has 3 nitrogen and oxygen atoms in total. The Morgan fingerprint density at radius 2 is 2.00 bits per heavy atom. The summed E-state index contributed by atoms with van der Waals surface area (Å²) in [5, 5.41) is 10.0. The summed E-state index contributed by atoms with van der Waals surface area (Å²) in [7, 11) is 1.68. The summed E-state index contributed by atoms with van der Waals surface area (Å²) < 4.78 is 4.93. The summed E-state index contributed by atoms with van der Waals surface area (Å²) in [4.78, 5) is 0. The minimum atomic E-state index is 0.610. The molecule has 5 heteroatoms. The number of hydrogen-bond acceptors (Lipinski definition) is 4. The van der Waals surface area contributed by atoms with Gasteiger partial charge in [0.15, 0.2) is 0 Å². The molecule has 0 saturated heterocycles.